The van der Waals surface area contributed by atoms with E-state index in [9.17, 15) is 18.0 Å². The van der Waals surface area contributed by atoms with Gasteiger partial charge in [0.2, 0.25) is 5.91 Å². The van der Waals surface area contributed by atoms with E-state index in [1.807, 2.05) is 6.92 Å². The number of amides is 2. The molecule has 7 nitrogen and oxygen atoms in total. The highest BCUT2D eigenvalue weighted by molar-refractivity contribution is 7.92. The van der Waals surface area contributed by atoms with Crippen LogP contribution < -0.4 is 15.4 Å². The Morgan fingerprint density at radius 3 is 2.03 bits per heavy atom. The fraction of sp³-hybridized carbons (Fsp3) is 0.130. The monoisotopic (exact) mass is 437 g/mol. The van der Waals surface area contributed by atoms with Crippen molar-refractivity contribution in [2.45, 2.75) is 18.7 Å². The van der Waals surface area contributed by atoms with Gasteiger partial charge < -0.3 is 11.1 Å². The molecule has 0 atom stereocenters. The standard InChI is InChI=1S/C23H23N3O4S/c1-15-4-12-20(13-5-15)31(29,30)26(3)21-14-18(7-6-16(21)2)23(28)25-19-10-8-17(9-11-19)22(24)27/h4-14H,1-3H3,(H2,24,27)(H,25,28). The van der Waals surface area contributed by atoms with Crippen molar-refractivity contribution in [1.29, 1.82) is 0 Å². The van der Waals surface area contributed by atoms with E-state index in [-0.39, 0.29) is 4.90 Å². The number of benzene rings is 3. The number of nitrogens with two attached hydrogens (primary N) is 1. The number of sulfonamides is 1. The van der Waals surface area contributed by atoms with Crippen molar-refractivity contribution in [2.24, 2.45) is 5.73 Å². The summed E-state index contributed by atoms with van der Waals surface area (Å²) >= 11 is 0. The van der Waals surface area contributed by atoms with Crippen LogP contribution in [-0.2, 0) is 10.0 Å². The highest BCUT2D eigenvalue weighted by Gasteiger charge is 2.23. The third kappa shape index (κ3) is 4.75. The van der Waals surface area contributed by atoms with Crippen LogP contribution in [0.5, 0.6) is 0 Å². The number of aryl methyl sites for hydroxylation is 2. The molecule has 0 aliphatic rings. The Bertz CT molecular complexity index is 1230. The molecule has 0 bridgehead atoms. The lowest BCUT2D eigenvalue weighted by Gasteiger charge is -2.22. The molecule has 0 aliphatic carbocycles. The second-order valence-corrected chi connectivity index (χ2v) is 9.15. The molecule has 3 aromatic rings. The Balaban J connectivity index is 1.87. The maximum Gasteiger partial charge on any atom is 0.264 e. The van der Waals surface area contributed by atoms with Crippen LogP contribution in [-0.4, -0.2) is 27.3 Å². The topological polar surface area (TPSA) is 110 Å². The zero-order valence-electron chi connectivity index (χ0n) is 17.4. The number of nitrogens with zero attached hydrogens (tertiary/aromatic N) is 1. The van der Waals surface area contributed by atoms with Gasteiger partial charge in [0, 0.05) is 23.9 Å². The predicted octanol–water partition coefficient (Wildman–Crippen LogP) is 3.48. The van der Waals surface area contributed by atoms with Gasteiger partial charge in [-0.25, -0.2) is 8.42 Å². The Morgan fingerprint density at radius 2 is 1.45 bits per heavy atom. The predicted molar refractivity (Wildman–Crippen MR) is 121 cm³/mol. The molecule has 31 heavy (non-hydrogen) atoms. The van der Waals surface area contributed by atoms with Crippen LogP contribution in [0, 0.1) is 13.8 Å². The lowest BCUT2D eigenvalue weighted by atomic mass is 10.1. The molecule has 3 N–H and O–H groups in total. The number of hydrogen-bond acceptors (Lipinski definition) is 4. The summed E-state index contributed by atoms with van der Waals surface area (Å²) in [6.07, 6.45) is 0. The van der Waals surface area contributed by atoms with E-state index in [0.29, 0.717) is 28.1 Å². The maximum atomic E-state index is 13.0. The summed E-state index contributed by atoms with van der Waals surface area (Å²) < 4.78 is 27.3. The van der Waals surface area contributed by atoms with Crippen molar-refractivity contribution in [3.8, 4) is 0 Å². The molecule has 0 aliphatic heterocycles. The molecule has 0 aromatic heterocycles. The second-order valence-electron chi connectivity index (χ2n) is 7.18. The highest BCUT2D eigenvalue weighted by atomic mass is 32.2. The van der Waals surface area contributed by atoms with E-state index in [0.717, 1.165) is 5.56 Å². The minimum Gasteiger partial charge on any atom is -0.366 e. The molecule has 8 heteroatoms. The first-order chi connectivity index (χ1) is 14.6. The quantitative estimate of drug-likeness (QED) is 0.615. The first-order valence-electron chi connectivity index (χ1n) is 9.47. The number of nitrogens with one attached hydrogen (secondary N) is 1. The summed E-state index contributed by atoms with van der Waals surface area (Å²) in [5, 5.41) is 2.73. The van der Waals surface area contributed by atoms with Crippen molar-refractivity contribution in [2.75, 3.05) is 16.7 Å². The van der Waals surface area contributed by atoms with Crippen LogP contribution in [0.25, 0.3) is 0 Å². The smallest absolute Gasteiger partial charge is 0.264 e. The van der Waals surface area contributed by atoms with Crippen molar-refractivity contribution in [3.05, 3.63) is 89.0 Å². The molecular formula is C23H23N3O4S. The van der Waals surface area contributed by atoms with Gasteiger partial charge in [-0.2, -0.15) is 0 Å². The van der Waals surface area contributed by atoms with Gasteiger partial charge in [0.15, 0.2) is 0 Å². The summed E-state index contributed by atoms with van der Waals surface area (Å²) in [4.78, 5) is 24.0. The lowest BCUT2D eigenvalue weighted by Crippen LogP contribution is -2.27. The summed E-state index contributed by atoms with van der Waals surface area (Å²) in [6, 6.07) is 17.6. The van der Waals surface area contributed by atoms with E-state index in [2.05, 4.69) is 5.32 Å². The first-order valence-corrected chi connectivity index (χ1v) is 10.9. The van der Waals surface area contributed by atoms with Crippen LogP contribution in [0.1, 0.15) is 31.8 Å². The molecule has 3 rings (SSSR count). The van der Waals surface area contributed by atoms with Gasteiger partial charge in [0.25, 0.3) is 15.9 Å². The average Bonchev–Trinajstić information content (AvgIpc) is 2.74. The van der Waals surface area contributed by atoms with Crippen molar-refractivity contribution in [3.63, 3.8) is 0 Å². The molecule has 0 heterocycles. The third-order valence-corrected chi connectivity index (χ3v) is 6.70. The zero-order chi connectivity index (χ0) is 22.8. The summed E-state index contributed by atoms with van der Waals surface area (Å²) in [7, 11) is -2.33. The number of carbonyl (C=O) groups is 2. The number of carbonyl (C=O) groups excluding carboxylic acids is 2. The second kappa shape index (κ2) is 8.61. The van der Waals surface area contributed by atoms with Gasteiger partial charge in [0.1, 0.15) is 0 Å². The molecule has 0 saturated carbocycles. The molecule has 0 radical (unpaired) electrons. The number of hydrogen-bond donors (Lipinski definition) is 2. The molecule has 0 unspecified atom stereocenters. The molecular weight excluding hydrogens is 414 g/mol. The van der Waals surface area contributed by atoms with Crippen LogP contribution in [0.4, 0.5) is 11.4 Å². The minimum absolute atomic E-state index is 0.171. The summed E-state index contributed by atoms with van der Waals surface area (Å²) in [5.41, 5.74) is 8.40. The van der Waals surface area contributed by atoms with Crippen LogP contribution in [0.15, 0.2) is 71.6 Å². The fourth-order valence-corrected chi connectivity index (χ4v) is 4.26. The van der Waals surface area contributed by atoms with E-state index < -0.39 is 21.8 Å². The lowest BCUT2D eigenvalue weighted by molar-refractivity contribution is 0.0998. The van der Waals surface area contributed by atoms with E-state index in [4.69, 9.17) is 5.73 Å². The largest absolute Gasteiger partial charge is 0.366 e. The van der Waals surface area contributed by atoms with Crippen molar-refractivity contribution < 1.29 is 18.0 Å². The number of anilines is 2. The molecule has 0 saturated heterocycles. The Hall–Kier alpha value is -3.65. The van der Waals surface area contributed by atoms with Crippen LogP contribution >= 0.6 is 0 Å². The Labute approximate surface area is 181 Å². The van der Waals surface area contributed by atoms with Gasteiger partial charge in [-0.3, -0.25) is 13.9 Å². The van der Waals surface area contributed by atoms with Crippen LogP contribution in [0.3, 0.4) is 0 Å². The molecule has 0 fully saturated rings. The Kier molecular flexibility index (Phi) is 6.12. The normalized spacial score (nSPS) is 11.1. The molecule has 3 aromatic carbocycles. The van der Waals surface area contributed by atoms with Gasteiger partial charge in [-0.1, -0.05) is 23.8 Å². The van der Waals surface area contributed by atoms with Gasteiger partial charge in [0.05, 0.1) is 10.6 Å². The van der Waals surface area contributed by atoms with Gasteiger partial charge in [-0.15, -0.1) is 0 Å². The highest BCUT2D eigenvalue weighted by Crippen LogP contribution is 2.27. The van der Waals surface area contributed by atoms with Gasteiger partial charge in [-0.05, 0) is 67.9 Å². The van der Waals surface area contributed by atoms with Crippen LogP contribution in [0.2, 0.25) is 0 Å². The fourth-order valence-electron chi connectivity index (χ4n) is 3.01. The number of primary amides is 1. The number of rotatable bonds is 6. The maximum absolute atomic E-state index is 13.0. The molecule has 160 valence electrons. The summed E-state index contributed by atoms with van der Waals surface area (Å²) in [6.45, 7) is 3.66. The zero-order valence-corrected chi connectivity index (χ0v) is 18.2. The van der Waals surface area contributed by atoms with Crippen molar-refractivity contribution >= 4 is 33.2 Å². The first kappa shape index (κ1) is 22.0. The van der Waals surface area contributed by atoms with E-state index in [1.165, 1.54) is 29.6 Å². The third-order valence-electron chi connectivity index (χ3n) is 4.92. The Morgan fingerprint density at radius 1 is 0.871 bits per heavy atom. The molecule has 2 amide bonds. The SMILES string of the molecule is Cc1ccc(S(=O)(=O)N(C)c2cc(C(=O)Nc3ccc(C(N)=O)cc3)ccc2C)cc1. The summed E-state index contributed by atoms with van der Waals surface area (Å²) in [5.74, 6) is -0.965. The van der Waals surface area contributed by atoms with Gasteiger partial charge >= 0.3 is 0 Å². The van der Waals surface area contributed by atoms with E-state index >= 15 is 0 Å². The van der Waals surface area contributed by atoms with E-state index in [1.54, 1.807) is 55.5 Å². The minimum atomic E-state index is -3.79. The van der Waals surface area contributed by atoms with Crippen molar-refractivity contribution in [1.82, 2.24) is 0 Å². The average molecular weight is 438 g/mol. The molecule has 0 spiro atoms.